The van der Waals surface area contributed by atoms with Gasteiger partial charge in [-0.05, 0) is 50.2 Å². The lowest BCUT2D eigenvalue weighted by atomic mass is 10.0. The number of aromatic nitrogens is 4. The standard InChI is InChI=1S/C24H19ClN4O3/c1-12-21(13(2)32-28-12)17-9-18-16(10-20(17)31-4)22-19(11-26-18)27-24(29(22)3)23(30)14-5-7-15(25)8-6-14/h5-11H,1-4H3. The van der Waals surface area contributed by atoms with Crippen molar-refractivity contribution in [1.82, 2.24) is 19.7 Å². The molecule has 3 heterocycles. The number of ketones is 1. The zero-order chi connectivity index (χ0) is 22.6. The number of benzene rings is 2. The molecule has 0 spiro atoms. The average Bonchev–Trinajstić information content (AvgIpc) is 3.31. The summed E-state index contributed by atoms with van der Waals surface area (Å²) in [7, 11) is 3.45. The second-order valence-electron chi connectivity index (χ2n) is 7.59. The van der Waals surface area contributed by atoms with E-state index >= 15 is 0 Å². The fourth-order valence-electron chi connectivity index (χ4n) is 4.09. The zero-order valence-electron chi connectivity index (χ0n) is 17.9. The van der Waals surface area contributed by atoms with Crippen LogP contribution in [0, 0.1) is 13.8 Å². The first-order valence-corrected chi connectivity index (χ1v) is 10.3. The SMILES string of the molecule is COc1cc2c(cc1-c1c(C)noc1C)ncc1nc(C(=O)c3ccc(Cl)cc3)n(C)c12. The Labute approximate surface area is 188 Å². The highest BCUT2D eigenvalue weighted by Crippen LogP contribution is 2.39. The van der Waals surface area contributed by atoms with Gasteiger partial charge < -0.3 is 13.8 Å². The quantitative estimate of drug-likeness (QED) is 0.349. The largest absolute Gasteiger partial charge is 0.496 e. The van der Waals surface area contributed by atoms with Crippen LogP contribution in [0.4, 0.5) is 0 Å². The second-order valence-corrected chi connectivity index (χ2v) is 8.03. The third-order valence-corrected chi connectivity index (χ3v) is 5.89. The summed E-state index contributed by atoms with van der Waals surface area (Å²) in [6, 6.07) is 10.6. The number of nitrogens with zero attached hydrogens (tertiary/aromatic N) is 4. The van der Waals surface area contributed by atoms with Gasteiger partial charge in [0.15, 0.2) is 5.82 Å². The van der Waals surface area contributed by atoms with Crippen LogP contribution in [-0.2, 0) is 7.05 Å². The summed E-state index contributed by atoms with van der Waals surface area (Å²) in [4.78, 5) is 22.3. The van der Waals surface area contributed by atoms with Crippen molar-refractivity contribution in [2.75, 3.05) is 7.11 Å². The molecular weight excluding hydrogens is 428 g/mol. The Morgan fingerprint density at radius 2 is 1.88 bits per heavy atom. The number of carbonyl (C=O) groups is 1. The maximum Gasteiger partial charge on any atom is 0.228 e. The minimum Gasteiger partial charge on any atom is -0.496 e. The van der Waals surface area contributed by atoms with E-state index in [0.717, 1.165) is 33.2 Å². The number of carbonyl (C=O) groups excluding carboxylic acids is 1. The molecule has 2 aromatic carbocycles. The van der Waals surface area contributed by atoms with Crippen LogP contribution in [-0.4, -0.2) is 32.6 Å². The minimum atomic E-state index is -0.187. The smallest absolute Gasteiger partial charge is 0.228 e. The van der Waals surface area contributed by atoms with Crippen LogP contribution in [0.2, 0.25) is 5.02 Å². The summed E-state index contributed by atoms with van der Waals surface area (Å²) in [5.41, 5.74) is 5.21. The molecule has 0 aliphatic carbocycles. The van der Waals surface area contributed by atoms with Crippen molar-refractivity contribution in [2.24, 2.45) is 7.05 Å². The molecule has 0 saturated heterocycles. The average molecular weight is 447 g/mol. The first-order valence-electron chi connectivity index (χ1n) is 9.95. The molecule has 0 aliphatic heterocycles. The molecule has 5 rings (SSSR count). The zero-order valence-corrected chi connectivity index (χ0v) is 18.7. The van der Waals surface area contributed by atoms with Gasteiger partial charge in [-0.2, -0.15) is 0 Å². The number of methoxy groups -OCH3 is 1. The maximum absolute atomic E-state index is 13.1. The maximum atomic E-state index is 13.1. The molecule has 0 bridgehead atoms. The summed E-state index contributed by atoms with van der Waals surface area (Å²) in [5, 5.41) is 5.46. The first-order chi connectivity index (χ1) is 15.4. The van der Waals surface area contributed by atoms with E-state index in [1.165, 1.54) is 0 Å². The van der Waals surface area contributed by atoms with Crippen LogP contribution < -0.4 is 4.74 Å². The summed E-state index contributed by atoms with van der Waals surface area (Å²) >= 11 is 5.96. The molecule has 0 N–H and O–H groups in total. The number of hydrogen-bond acceptors (Lipinski definition) is 6. The van der Waals surface area contributed by atoms with Crippen LogP contribution in [0.15, 0.2) is 47.1 Å². The highest BCUT2D eigenvalue weighted by molar-refractivity contribution is 6.30. The predicted molar refractivity (Wildman–Crippen MR) is 122 cm³/mol. The molecule has 3 aromatic heterocycles. The molecule has 0 atom stereocenters. The summed E-state index contributed by atoms with van der Waals surface area (Å²) in [5.74, 6) is 1.50. The number of pyridine rings is 1. The van der Waals surface area contributed by atoms with Crippen molar-refractivity contribution < 1.29 is 14.1 Å². The summed E-state index contributed by atoms with van der Waals surface area (Å²) in [6.45, 7) is 3.76. The van der Waals surface area contributed by atoms with Crippen LogP contribution in [0.3, 0.4) is 0 Å². The Bertz CT molecular complexity index is 1500. The van der Waals surface area contributed by atoms with E-state index in [0.29, 0.717) is 33.4 Å². The van der Waals surface area contributed by atoms with Gasteiger partial charge in [0.2, 0.25) is 5.78 Å². The van der Waals surface area contributed by atoms with Crippen LogP contribution in [0.5, 0.6) is 5.75 Å². The van der Waals surface area contributed by atoms with Crippen molar-refractivity contribution in [3.63, 3.8) is 0 Å². The van der Waals surface area contributed by atoms with Crippen LogP contribution in [0.1, 0.15) is 27.6 Å². The van der Waals surface area contributed by atoms with Gasteiger partial charge in [-0.15, -0.1) is 0 Å². The molecule has 0 unspecified atom stereocenters. The van der Waals surface area contributed by atoms with Gasteiger partial charge in [0.1, 0.15) is 17.0 Å². The van der Waals surface area contributed by atoms with Crippen molar-refractivity contribution >= 4 is 39.3 Å². The van der Waals surface area contributed by atoms with Gasteiger partial charge >= 0.3 is 0 Å². The number of hydrogen-bond donors (Lipinski definition) is 0. The van der Waals surface area contributed by atoms with E-state index in [4.69, 9.17) is 20.9 Å². The Morgan fingerprint density at radius 3 is 2.53 bits per heavy atom. The Hall–Kier alpha value is -3.71. The highest BCUT2D eigenvalue weighted by atomic mass is 35.5. The molecule has 0 saturated carbocycles. The molecule has 0 radical (unpaired) electrons. The molecule has 160 valence electrons. The number of rotatable bonds is 4. The van der Waals surface area contributed by atoms with Crippen molar-refractivity contribution in [2.45, 2.75) is 13.8 Å². The number of imidazole rings is 1. The van der Waals surface area contributed by atoms with Crippen LogP contribution in [0.25, 0.3) is 33.1 Å². The molecule has 8 heteroatoms. The number of halogens is 1. The Balaban J connectivity index is 1.73. The number of fused-ring (bicyclic) bond motifs is 3. The van der Waals surface area contributed by atoms with Gasteiger partial charge in [0.25, 0.3) is 0 Å². The molecule has 32 heavy (non-hydrogen) atoms. The predicted octanol–water partition coefficient (Wildman–Crippen LogP) is 5.29. The van der Waals surface area contributed by atoms with E-state index in [9.17, 15) is 4.79 Å². The van der Waals surface area contributed by atoms with E-state index in [1.807, 2.05) is 33.0 Å². The van der Waals surface area contributed by atoms with Gasteiger partial charge in [0.05, 0.1) is 35.6 Å². The van der Waals surface area contributed by atoms with E-state index in [-0.39, 0.29) is 5.78 Å². The molecular formula is C24H19ClN4O3. The number of aryl methyl sites for hydroxylation is 3. The second kappa shape index (κ2) is 7.46. The van der Waals surface area contributed by atoms with Crippen molar-refractivity contribution in [1.29, 1.82) is 0 Å². The lowest BCUT2D eigenvalue weighted by molar-refractivity contribution is 0.102. The molecule has 7 nitrogen and oxygen atoms in total. The lowest BCUT2D eigenvalue weighted by Crippen LogP contribution is -2.08. The third-order valence-electron chi connectivity index (χ3n) is 5.63. The Kier molecular flexibility index (Phi) is 4.71. The Morgan fingerprint density at radius 1 is 1.12 bits per heavy atom. The lowest BCUT2D eigenvalue weighted by Gasteiger charge is -2.11. The van der Waals surface area contributed by atoms with E-state index in [1.54, 1.807) is 42.1 Å². The van der Waals surface area contributed by atoms with Crippen molar-refractivity contribution in [3.8, 4) is 16.9 Å². The highest BCUT2D eigenvalue weighted by Gasteiger charge is 2.22. The molecule has 0 fully saturated rings. The first kappa shape index (κ1) is 20.2. The van der Waals surface area contributed by atoms with Gasteiger partial charge in [-0.3, -0.25) is 9.78 Å². The van der Waals surface area contributed by atoms with Crippen molar-refractivity contribution in [3.05, 3.63) is 70.5 Å². The van der Waals surface area contributed by atoms with Gasteiger partial charge in [-0.25, -0.2) is 4.98 Å². The summed E-state index contributed by atoms with van der Waals surface area (Å²) in [6.07, 6.45) is 1.68. The van der Waals surface area contributed by atoms with Gasteiger partial charge in [0, 0.05) is 28.6 Å². The number of ether oxygens (including phenoxy) is 1. The van der Waals surface area contributed by atoms with E-state index in [2.05, 4.69) is 15.1 Å². The monoisotopic (exact) mass is 446 g/mol. The fourth-order valence-corrected chi connectivity index (χ4v) is 4.22. The summed E-state index contributed by atoms with van der Waals surface area (Å²) < 4.78 is 12.8. The molecule has 5 aromatic rings. The fraction of sp³-hybridized carbons (Fsp3) is 0.167. The topological polar surface area (TPSA) is 83.0 Å². The van der Waals surface area contributed by atoms with Crippen LogP contribution >= 0.6 is 11.6 Å². The van der Waals surface area contributed by atoms with Gasteiger partial charge in [-0.1, -0.05) is 16.8 Å². The normalized spacial score (nSPS) is 11.4. The molecule has 0 amide bonds. The van der Waals surface area contributed by atoms with E-state index < -0.39 is 0 Å². The third kappa shape index (κ3) is 3.05. The minimum absolute atomic E-state index is 0.187. The molecule has 0 aliphatic rings.